The van der Waals surface area contributed by atoms with Gasteiger partial charge in [-0.1, -0.05) is 50.1 Å². The van der Waals surface area contributed by atoms with E-state index in [1.807, 2.05) is 6.92 Å². The molecule has 0 aliphatic carbocycles. The summed E-state index contributed by atoms with van der Waals surface area (Å²) in [6.45, 7) is 3.99. The monoisotopic (exact) mass is 711 g/mol. The number of nitrogens with one attached hydrogen (secondary N) is 3. The third-order valence-electron chi connectivity index (χ3n) is 6.49. The Morgan fingerprint density at radius 2 is 1.11 bits per heavy atom. The van der Waals surface area contributed by atoms with E-state index in [0.717, 1.165) is 42.3 Å². The standard InChI is InChI=1S/C29H57N7O5S4/c1-2-7-27(39)36-25(26(38)11-6-19-43-45-21-17-35-29(41)24(33)10-4-15-31)13-12-22(37)8-5-18-42-44-20-16-34-28(40)23(32)9-3-14-30/h23-25H,2-21,30-33H2,1H3,(H,34,40)(H,35,41)(H,36,39). The molecule has 0 saturated carbocycles. The fourth-order valence-electron chi connectivity index (χ4n) is 3.91. The fraction of sp³-hybridized carbons (Fsp3) is 0.828. The summed E-state index contributed by atoms with van der Waals surface area (Å²) >= 11 is 0. The first-order valence-corrected chi connectivity index (χ1v) is 20.9. The van der Waals surface area contributed by atoms with E-state index in [4.69, 9.17) is 22.9 Å². The molecule has 11 N–H and O–H groups in total. The van der Waals surface area contributed by atoms with E-state index in [-0.39, 0.29) is 35.7 Å². The van der Waals surface area contributed by atoms with Crippen LogP contribution in [0.1, 0.15) is 84.0 Å². The van der Waals surface area contributed by atoms with Gasteiger partial charge in [-0.2, -0.15) is 0 Å². The SMILES string of the molecule is CCCC(=O)NC(CCC(=O)CCCSSCCNC(=O)C(N)CCCN)C(=O)CCCSSCCNC(=O)C(N)CCCN. The summed E-state index contributed by atoms with van der Waals surface area (Å²) < 4.78 is 0. The second-order valence-electron chi connectivity index (χ2n) is 10.6. The number of nitrogens with two attached hydrogens (primary N) is 4. The van der Waals surface area contributed by atoms with Gasteiger partial charge in [0.1, 0.15) is 5.78 Å². The summed E-state index contributed by atoms with van der Waals surface area (Å²) in [5.74, 6) is 2.59. The second-order valence-corrected chi connectivity index (χ2v) is 16.0. The van der Waals surface area contributed by atoms with Crippen LogP contribution in [0.2, 0.25) is 0 Å². The van der Waals surface area contributed by atoms with Crippen LogP contribution in [0.5, 0.6) is 0 Å². The van der Waals surface area contributed by atoms with Crippen molar-refractivity contribution >= 4 is 72.5 Å². The molecule has 3 unspecified atom stereocenters. The second kappa shape index (κ2) is 30.3. The number of carbonyl (C=O) groups is 5. The van der Waals surface area contributed by atoms with Crippen molar-refractivity contribution in [2.24, 2.45) is 22.9 Å². The number of carbonyl (C=O) groups excluding carboxylic acids is 5. The van der Waals surface area contributed by atoms with Gasteiger partial charge in [0.15, 0.2) is 5.78 Å². The molecule has 0 aromatic rings. The molecule has 12 nitrogen and oxygen atoms in total. The van der Waals surface area contributed by atoms with Crippen LogP contribution in [0.25, 0.3) is 0 Å². The van der Waals surface area contributed by atoms with Crippen LogP contribution in [0.4, 0.5) is 0 Å². The lowest BCUT2D eigenvalue weighted by Gasteiger charge is -2.17. The Morgan fingerprint density at radius 1 is 0.622 bits per heavy atom. The quantitative estimate of drug-likeness (QED) is 0.0403. The van der Waals surface area contributed by atoms with Crippen LogP contribution >= 0.6 is 43.2 Å². The van der Waals surface area contributed by atoms with E-state index in [1.54, 1.807) is 43.2 Å². The van der Waals surface area contributed by atoms with Crippen LogP contribution in [-0.4, -0.2) is 96.6 Å². The molecule has 262 valence electrons. The normalized spacial score (nSPS) is 13.1. The largest absolute Gasteiger partial charge is 0.354 e. The van der Waals surface area contributed by atoms with Crippen molar-refractivity contribution in [3.8, 4) is 0 Å². The average molecular weight is 712 g/mol. The lowest BCUT2D eigenvalue weighted by Crippen LogP contribution is -2.41. The Kier molecular flexibility index (Phi) is 29.7. The first-order valence-electron chi connectivity index (χ1n) is 15.9. The van der Waals surface area contributed by atoms with Crippen molar-refractivity contribution in [2.45, 2.75) is 102 Å². The molecule has 16 heteroatoms. The maximum atomic E-state index is 12.9. The van der Waals surface area contributed by atoms with E-state index < -0.39 is 18.1 Å². The molecule has 0 aliphatic rings. The van der Waals surface area contributed by atoms with Crippen molar-refractivity contribution in [1.82, 2.24) is 16.0 Å². The molecular weight excluding hydrogens is 655 g/mol. The number of ketones is 2. The smallest absolute Gasteiger partial charge is 0.236 e. The van der Waals surface area contributed by atoms with Gasteiger partial charge in [0.25, 0.3) is 0 Å². The predicted octanol–water partition coefficient (Wildman–Crippen LogP) is 1.88. The molecule has 0 spiro atoms. The van der Waals surface area contributed by atoms with E-state index in [1.165, 1.54) is 0 Å². The zero-order chi connectivity index (χ0) is 33.7. The Morgan fingerprint density at radius 3 is 1.60 bits per heavy atom. The van der Waals surface area contributed by atoms with Crippen LogP contribution < -0.4 is 38.9 Å². The number of hydrogen-bond acceptors (Lipinski definition) is 13. The highest BCUT2D eigenvalue weighted by Crippen LogP contribution is 2.23. The van der Waals surface area contributed by atoms with Crippen molar-refractivity contribution in [3.63, 3.8) is 0 Å². The Labute approximate surface area is 285 Å². The summed E-state index contributed by atoms with van der Waals surface area (Å²) in [4.78, 5) is 61.4. The van der Waals surface area contributed by atoms with Crippen LogP contribution in [0.15, 0.2) is 0 Å². The molecule has 0 aromatic heterocycles. The third-order valence-corrected chi connectivity index (χ3v) is 11.5. The van der Waals surface area contributed by atoms with Crippen LogP contribution in [0, 0.1) is 0 Å². The minimum atomic E-state index is -0.645. The number of hydrogen-bond donors (Lipinski definition) is 7. The maximum absolute atomic E-state index is 12.9. The zero-order valence-electron chi connectivity index (χ0n) is 26.9. The number of rotatable bonds is 31. The van der Waals surface area contributed by atoms with E-state index in [9.17, 15) is 24.0 Å². The Balaban J connectivity index is 4.18. The molecule has 45 heavy (non-hydrogen) atoms. The number of amides is 3. The minimum absolute atomic E-state index is 0.0454. The minimum Gasteiger partial charge on any atom is -0.354 e. The predicted molar refractivity (Wildman–Crippen MR) is 193 cm³/mol. The van der Waals surface area contributed by atoms with Gasteiger partial charge in [-0.3, -0.25) is 24.0 Å². The highest BCUT2D eigenvalue weighted by Gasteiger charge is 2.21. The highest BCUT2D eigenvalue weighted by atomic mass is 33.1. The third kappa shape index (κ3) is 25.7. The van der Waals surface area contributed by atoms with Gasteiger partial charge in [-0.15, -0.1) is 0 Å². The van der Waals surface area contributed by atoms with Gasteiger partial charge in [0, 0.05) is 61.8 Å². The Bertz CT molecular complexity index is 845. The molecule has 3 atom stereocenters. The maximum Gasteiger partial charge on any atom is 0.236 e. The van der Waals surface area contributed by atoms with Crippen molar-refractivity contribution < 1.29 is 24.0 Å². The van der Waals surface area contributed by atoms with Gasteiger partial charge in [-0.25, -0.2) is 0 Å². The molecule has 0 heterocycles. The van der Waals surface area contributed by atoms with E-state index in [0.29, 0.717) is 77.5 Å². The van der Waals surface area contributed by atoms with Gasteiger partial charge in [0.2, 0.25) is 17.7 Å². The van der Waals surface area contributed by atoms with Crippen molar-refractivity contribution in [3.05, 3.63) is 0 Å². The lowest BCUT2D eigenvalue weighted by atomic mass is 10.00. The van der Waals surface area contributed by atoms with Gasteiger partial charge in [0.05, 0.1) is 18.1 Å². The summed E-state index contributed by atoms with van der Waals surface area (Å²) in [6, 6.07) is -1.70. The van der Waals surface area contributed by atoms with E-state index in [2.05, 4.69) is 16.0 Å². The summed E-state index contributed by atoms with van der Waals surface area (Å²) in [5.41, 5.74) is 22.5. The molecule has 0 aromatic carbocycles. The van der Waals surface area contributed by atoms with Crippen LogP contribution in [-0.2, 0) is 24.0 Å². The van der Waals surface area contributed by atoms with Crippen molar-refractivity contribution in [2.75, 3.05) is 49.2 Å². The summed E-state index contributed by atoms with van der Waals surface area (Å²) in [5, 5.41) is 8.48. The van der Waals surface area contributed by atoms with Crippen LogP contribution in [0.3, 0.4) is 0 Å². The first kappa shape index (κ1) is 44.0. The summed E-state index contributed by atoms with van der Waals surface area (Å²) in [6.07, 6.45) is 6.35. The molecule has 0 saturated heterocycles. The van der Waals surface area contributed by atoms with Gasteiger partial charge < -0.3 is 38.9 Å². The fourth-order valence-corrected chi connectivity index (χ4v) is 7.90. The molecule has 3 amide bonds. The molecule has 0 fully saturated rings. The van der Waals surface area contributed by atoms with E-state index >= 15 is 0 Å². The molecule has 0 aliphatic heterocycles. The molecular formula is C29H57N7O5S4. The average Bonchev–Trinajstić information content (AvgIpc) is 3.02. The Hall–Kier alpha value is -1.01. The molecule has 0 bridgehead atoms. The summed E-state index contributed by atoms with van der Waals surface area (Å²) in [7, 11) is 6.55. The first-order chi connectivity index (χ1) is 21.7. The lowest BCUT2D eigenvalue weighted by molar-refractivity contribution is -0.128. The topological polar surface area (TPSA) is 226 Å². The highest BCUT2D eigenvalue weighted by molar-refractivity contribution is 8.77. The number of Topliss-reactive ketones (excluding diaryl/α,β-unsaturated/α-hetero) is 2. The molecule has 0 radical (unpaired) electrons. The zero-order valence-corrected chi connectivity index (χ0v) is 30.1. The molecule has 0 rings (SSSR count). The van der Waals surface area contributed by atoms with Crippen molar-refractivity contribution in [1.29, 1.82) is 0 Å². The van der Waals surface area contributed by atoms with Gasteiger partial charge in [-0.05, 0) is 64.5 Å². The van der Waals surface area contributed by atoms with Gasteiger partial charge >= 0.3 is 0 Å².